The number of methoxy groups -OCH3 is 1. The number of hydrogen-bond acceptors (Lipinski definition) is 3. The van der Waals surface area contributed by atoms with Gasteiger partial charge in [0.2, 0.25) is 0 Å². The summed E-state index contributed by atoms with van der Waals surface area (Å²) in [6.07, 6.45) is 1.04. The molecule has 1 N–H and O–H groups in total. The average Bonchev–Trinajstić information content (AvgIpc) is 2.72. The lowest BCUT2D eigenvalue weighted by molar-refractivity contribution is 0.158. The first-order chi connectivity index (χ1) is 9.17. The van der Waals surface area contributed by atoms with E-state index in [1.165, 1.54) is 12.1 Å². The fraction of sp³-hybridized carbons (Fsp3) is 0.467. The molecule has 0 aliphatic carbocycles. The van der Waals surface area contributed by atoms with Crippen LogP contribution in [0.1, 0.15) is 30.7 Å². The van der Waals surface area contributed by atoms with Gasteiger partial charge in [0, 0.05) is 18.1 Å². The van der Waals surface area contributed by atoms with Gasteiger partial charge in [0.1, 0.15) is 17.2 Å². The Kier molecular flexibility index (Phi) is 4.56. The van der Waals surface area contributed by atoms with Crippen LogP contribution in [0.15, 0.2) is 22.6 Å². The lowest BCUT2D eigenvalue weighted by Gasteiger charge is -2.16. The summed E-state index contributed by atoms with van der Waals surface area (Å²) in [6, 6.07) is 4.60. The van der Waals surface area contributed by atoms with Crippen molar-refractivity contribution in [3.63, 3.8) is 0 Å². The van der Waals surface area contributed by atoms with Gasteiger partial charge in [0.15, 0.2) is 0 Å². The third-order valence-electron chi connectivity index (χ3n) is 3.23. The molecule has 0 spiro atoms. The van der Waals surface area contributed by atoms with Crippen LogP contribution in [0.3, 0.4) is 0 Å². The first kappa shape index (κ1) is 14.0. The van der Waals surface area contributed by atoms with Gasteiger partial charge in [-0.1, -0.05) is 6.92 Å². The van der Waals surface area contributed by atoms with E-state index in [-0.39, 0.29) is 11.9 Å². The lowest BCUT2D eigenvalue weighted by Crippen LogP contribution is -2.26. The third kappa shape index (κ3) is 2.96. The molecule has 0 amide bonds. The number of benzene rings is 1. The molecular formula is C15H20FNO2. The molecule has 1 aromatic heterocycles. The molecule has 0 aliphatic rings. The molecule has 0 radical (unpaired) electrons. The molecule has 4 heteroatoms. The molecule has 1 unspecified atom stereocenters. The van der Waals surface area contributed by atoms with Gasteiger partial charge >= 0.3 is 0 Å². The van der Waals surface area contributed by atoms with E-state index in [1.807, 2.05) is 6.92 Å². The molecule has 0 bridgehead atoms. The van der Waals surface area contributed by atoms with Gasteiger partial charge in [-0.15, -0.1) is 0 Å². The Hall–Kier alpha value is -1.39. The van der Waals surface area contributed by atoms with Crippen LogP contribution in [0.25, 0.3) is 11.0 Å². The second-order valence-corrected chi connectivity index (χ2v) is 4.69. The predicted octanol–water partition coefficient (Wildman–Crippen LogP) is 3.57. The van der Waals surface area contributed by atoms with E-state index in [4.69, 9.17) is 9.15 Å². The number of rotatable bonds is 6. The van der Waals surface area contributed by atoms with E-state index in [9.17, 15) is 4.39 Å². The number of hydrogen-bond donors (Lipinski definition) is 1. The summed E-state index contributed by atoms with van der Waals surface area (Å²) in [4.78, 5) is 0. The van der Waals surface area contributed by atoms with E-state index in [0.717, 1.165) is 29.7 Å². The second kappa shape index (κ2) is 6.17. The monoisotopic (exact) mass is 265 g/mol. The third-order valence-corrected chi connectivity index (χ3v) is 3.23. The molecule has 1 atom stereocenters. The van der Waals surface area contributed by atoms with Crippen molar-refractivity contribution in [2.45, 2.75) is 26.3 Å². The van der Waals surface area contributed by atoms with Crippen molar-refractivity contribution in [3.05, 3.63) is 35.3 Å². The summed E-state index contributed by atoms with van der Waals surface area (Å²) in [5.41, 5.74) is 1.69. The fourth-order valence-electron chi connectivity index (χ4n) is 2.26. The highest BCUT2D eigenvalue weighted by Gasteiger charge is 2.20. The standard InChI is InChI=1S/C15H20FNO2/c1-4-7-17-13(9-18-3)15-10(2)12-8-11(16)5-6-14(12)19-15/h5-6,8,13,17H,4,7,9H2,1-3H3. The van der Waals surface area contributed by atoms with Crippen molar-refractivity contribution in [1.82, 2.24) is 5.32 Å². The number of aryl methyl sites for hydroxylation is 1. The van der Waals surface area contributed by atoms with Crippen LogP contribution in [0.2, 0.25) is 0 Å². The van der Waals surface area contributed by atoms with E-state index >= 15 is 0 Å². The van der Waals surface area contributed by atoms with Crippen molar-refractivity contribution in [2.24, 2.45) is 0 Å². The lowest BCUT2D eigenvalue weighted by atomic mass is 10.1. The molecule has 1 heterocycles. The van der Waals surface area contributed by atoms with Crippen LogP contribution in [0.4, 0.5) is 4.39 Å². The van der Waals surface area contributed by atoms with Crippen LogP contribution < -0.4 is 5.32 Å². The van der Waals surface area contributed by atoms with Crippen molar-refractivity contribution in [1.29, 1.82) is 0 Å². The van der Waals surface area contributed by atoms with Gasteiger partial charge in [-0.2, -0.15) is 0 Å². The van der Waals surface area contributed by atoms with E-state index in [0.29, 0.717) is 12.2 Å². The molecule has 2 aromatic rings. The predicted molar refractivity (Wildman–Crippen MR) is 73.8 cm³/mol. The summed E-state index contributed by atoms with van der Waals surface area (Å²) in [6.45, 7) is 5.48. The van der Waals surface area contributed by atoms with Crippen molar-refractivity contribution in [2.75, 3.05) is 20.3 Å². The zero-order chi connectivity index (χ0) is 13.8. The van der Waals surface area contributed by atoms with E-state index < -0.39 is 0 Å². The second-order valence-electron chi connectivity index (χ2n) is 4.69. The maximum atomic E-state index is 13.3. The van der Waals surface area contributed by atoms with Gasteiger partial charge in [0.25, 0.3) is 0 Å². The minimum atomic E-state index is -0.243. The molecule has 3 nitrogen and oxygen atoms in total. The highest BCUT2D eigenvalue weighted by atomic mass is 19.1. The molecule has 0 saturated heterocycles. The van der Waals surface area contributed by atoms with Crippen LogP contribution in [0, 0.1) is 12.7 Å². The summed E-state index contributed by atoms with van der Waals surface area (Å²) >= 11 is 0. The summed E-state index contributed by atoms with van der Waals surface area (Å²) in [7, 11) is 1.66. The van der Waals surface area contributed by atoms with Crippen LogP contribution in [-0.2, 0) is 4.74 Å². The smallest absolute Gasteiger partial charge is 0.134 e. The molecule has 2 rings (SSSR count). The van der Waals surface area contributed by atoms with Crippen molar-refractivity contribution < 1.29 is 13.5 Å². The summed E-state index contributed by atoms with van der Waals surface area (Å²) < 4.78 is 24.4. The Labute approximate surface area is 112 Å². The first-order valence-corrected chi connectivity index (χ1v) is 6.58. The van der Waals surface area contributed by atoms with Crippen molar-refractivity contribution >= 4 is 11.0 Å². The van der Waals surface area contributed by atoms with Crippen LogP contribution in [0.5, 0.6) is 0 Å². The maximum Gasteiger partial charge on any atom is 0.134 e. The number of halogens is 1. The number of nitrogens with one attached hydrogen (secondary N) is 1. The van der Waals surface area contributed by atoms with Crippen LogP contribution in [-0.4, -0.2) is 20.3 Å². The van der Waals surface area contributed by atoms with E-state index in [2.05, 4.69) is 12.2 Å². The number of fused-ring (bicyclic) bond motifs is 1. The highest BCUT2D eigenvalue weighted by molar-refractivity contribution is 5.82. The molecule has 0 fully saturated rings. The Morgan fingerprint density at radius 3 is 2.89 bits per heavy atom. The largest absolute Gasteiger partial charge is 0.459 e. The maximum absolute atomic E-state index is 13.3. The van der Waals surface area contributed by atoms with Gasteiger partial charge in [-0.25, -0.2) is 4.39 Å². The zero-order valence-electron chi connectivity index (χ0n) is 11.6. The molecule has 0 saturated carbocycles. The van der Waals surface area contributed by atoms with Crippen LogP contribution >= 0.6 is 0 Å². The molecule has 104 valence electrons. The average molecular weight is 265 g/mol. The first-order valence-electron chi connectivity index (χ1n) is 6.58. The molecule has 0 aliphatic heterocycles. The molecular weight excluding hydrogens is 245 g/mol. The topological polar surface area (TPSA) is 34.4 Å². The SMILES string of the molecule is CCCNC(COC)c1oc2ccc(F)cc2c1C. The summed E-state index contributed by atoms with van der Waals surface area (Å²) in [5.74, 6) is 0.587. The molecule has 19 heavy (non-hydrogen) atoms. The van der Waals surface area contributed by atoms with E-state index in [1.54, 1.807) is 13.2 Å². The van der Waals surface area contributed by atoms with Gasteiger partial charge in [-0.3, -0.25) is 0 Å². The fourth-order valence-corrected chi connectivity index (χ4v) is 2.26. The highest BCUT2D eigenvalue weighted by Crippen LogP contribution is 2.30. The van der Waals surface area contributed by atoms with Gasteiger partial charge in [-0.05, 0) is 38.1 Å². The Morgan fingerprint density at radius 2 is 2.21 bits per heavy atom. The van der Waals surface area contributed by atoms with Gasteiger partial charge < -0.3 is 14.5 Å². The normalized spacial score (nSPS) is 13.1. The molecule has 1 aromatic carbocycles. The Balaban J connectivity index is 2.38. The van der Waals surface area contributed by atoms with Crippen molar-refractivity contribution in [3.8, 4) is 0 Å². The zero-order valence-corrected chi connectivity index (χ0v) is 11.6. The minimum Gasteiger partial charge on any atom is -0.459 e. The summed E-state index contributed by atoms with van der Waals surface area (Å²) in [5, 5.41) is 4.22. The minimum absolute atomic E-state index is 0.000381. The van der Waals surface area contributed by atoms with Gasteiger partial charge in [0.05, 0.1) is 12.6 Å². The Bertz CT molecular complexity index is 550. The number of furan rings is 1. The quantitative estimate of drug-likeness (QED) is 0.867. The Morgan fingerprint density at radius 1 is 1.42 bits per heavy atom. The number of ether oxygens (including phenoxy) is 1.